The molecule has 0 unspecified atom stereocenters. The summed E-state index contributed by atoms with van der Waals surface area (Å²) in [7, 11) is 0. The van der Waals surface area contributed by atoms with Crippen molar-refractivity contribution >= 4 is 18.4 Å². The third-order valence-corrected chi connectivity index (χ3v) is 0.500. The fourth-order valence-electron chi connectivity index (χ4n) is 0.250. The van der Waals surface area contributed by atoms with Crippen LogP contribution in [0.5, 0.6) is 0 Å². The number of hydrogen-bond acceptors (Lipinski definition) is 3. The van der Waals surface area contributed by atoms with Crippen LogP contribution in [-0.4, -0.2) is 19.1 Å². The van der Waals surface area contributed by atoms with Crippen LogP contribution in [0, 0.1) is 0 Å². The maximum absolute atomic E-state index is 8.89. The van der Waals surface area contributed by atoms with Gasteiger partial charge in [0.05, 0.1) is 0 Å². The maximum Gasteiger partial charge on any atom is 1.00 e. The molecule has 0 heterocycles. The molecule has 3 nitrogen and oxygen atoms in total. The number of carboxylic acids is 1. The van der Waals surface area contributed by atoms with E-state index in [4.69, 9.17) is 9.90 Å². The Bertz CT molecular complexity index is 67.6. The standard InChI is InChI=1S/C4H11N.C2H4O2.ClH.K/c1-3-5-4-2;1-2(3)4;;/h5H,3-4H2,1-2H3;1H3,(H,3,4);1H;/q;;;+1/p-1. The molecule has 0 aromatic carbocycles. The second-order valence-corrected chi connectivity index (χ2v) is 1.45. The fourth-order valence-corrected chi connectivity index (χ4v) is 0.250. The van der Waals surface area contributed by atoms with Crippen molar-refractivity contribution < 1.29 is 61.3 Å². The molecule has 0 bridgehead atoms. The van der Waals surface area contributed by atoms with Gasteiger partial charge in [-0.2, -0.15) is 0 Å². The molecule has 0 amide bonds. The van der Waals surface area contributed by atoms with Crippen molar-refractivity contribution in [3.8, 4) is 0 Å². The molecule has 0 aliphatic heterocycles. The summed E-state index contributed by atoms with van der Waals surface area (Å²) in [6, 6.07) is 0. The van der Waals surface area contributed by atoms with E-state index in [1.54, 1.807) is 0 Å². The van der Waals surface area contributed by atoms with Gasteiger partial charge in [-0.3, -0.25) is 0 Å². The topological polar surface area (TPSA) is 52.2 Å². The van der Waals surface area contributed by atoms with Crippen LogP contribution in [0.15, 0.2) is 0 Å². The number of carbonyl (C=O) groups excluding carboxylic acids is 1. The number of nitrogens with one attached hydrogen (secondary N) is 1. The summed E-state index contributed by atoms with van der Waals surface area (Å²) in [6.45, 7) is 7.36. The van der Waals surface area contributed by atoms with Crippen LogP contribution in [0.4, 0.5) is 0 Å². The van der Waals surface area contributed by atoms with Crippen LogP contribution in [0.1, 0.15) is 20.8 Å². The predicted octanol–water partition coefficient (Wildman–Crippen LogP) is -3.20. The zero-order chi connectivity index (χ0) is 7.70. The molecule has 0 spiro atoms. The van der Waals surface area contributed by atoms with E-state index in [2.05, 4.69) is 19.2 Å². The van der Waals surface area contributed by atoms with Gasteiger partial charge in [0.25, 0.3) is 0 Å². The van der Waals surface area contributed by atoms with Crippen molar-refractivity contribution in [3.05, 3.63) is 0 Å². The largest absolute Gasteiger partial charge is 1.00 e. The average molecular weight is 208 g/mol. The third-order valence-electron chi connectivity index (χ3n) is 0.500. The molecule has 0 aliphatic rings. The summed E-state index contributed by atoms with van der Waals surface area (Å²) in [6.07, 6.45) is 0. The van der Waals surface area contributed by atoms with Crippen LogP contribution in [0.3, 0.4) is 0 Å². The SMILES string of the molecule is CC(=O)[O-].CCNCC.Cl.[K+]. The van der Waals surface area contributed by atoms with E-state index in [-0.39, 0.29) is 63.8 Å². The van der Waals surface area contributed by atoms with Crippen LogP contribution in [0.2, 0.25) is 0 Å². The van der Waals surface area contributed by atoms with Gasteiger partial charge in [0, 0.05) is 5.97 Å². The van der Waals surface area contributed by atoms with E-state index in [0.29, 0.717) is 0 Å². The first kappa shape index (κ1) is 22.8. The van der Waals surface area contributed by atoms with E-state index in [0.717, 1.165) is 20.0 Å². The number of rotatable bonds is 2. The second-order valence-electron chi connectivity index (χ2n) is 1.45. The molecule has 1 N–H and O–H groups in total. The van der Waals surface area contributed by atoms with Crippen molar-refractivity contribution in [2.45, 2.75) is 20.8 Å². The molecule has 0 saturated heterocycles. The predicted molar refractivity (Wildman–Crippen MR) is 42.1 cm³/mol. The summed E-state index contributed by atoms with van der Waals surface area (Å²) in [4.78, 5) is 8.89. The van der Waals surface area contributed by atoms with Crippen molar-refractivity contribution in [1.29, 1.82) is 0 Å². The van der Waals surface area contributed by atoms with E-state index in [1.807, 2.05) is 0 Å². The maximum atomic E-state index is 8.89. The first-order valence-corrected chi connectivity index (χ1v) is 3.03. The fraction of sp³-hybridized carbons (Fsp3) is 0.833. The van der Waals surface area contributed by atoms with Gasteiger partial charge in [-0.1, -0.05) is 13.8 Å². The minimum Gasteiger partial charge on any atom is -0.550 e. The number of halogens is 1. The van der Waals surface area contributed by atoms with Gasteiger partial charge in [-0.25, -0.2) is 0 Å². The second kappa shape index (κ2) is 22.5. The molecule has 0 aliphatic carbocycles. The first-order chi connectivity index (χ1) is 4.15. The van der Waals surface area contributed by atoms with Crippen molar-refractivity contribution in [3.63, 3.8) is 0 Å². The van der Waals surface area contributed by atoms with Gasteiger partial charge >= 0.3 is 51.4 Å². The Balaban J connectivity index is -0.0000000383. The van der Waals surface area contributed by atoms with Gasteiger partial charge in [0.2, 0.25) is 0 Å². The molecular formula is C6H15ClKNO2. The summed E-state index contributed by atoms with van der Waals surface area (Å²) in [5.41, 5.74) is 0. The Morgan fingerprint density at radius 1 is 1.36 bits per heavy atom. The Morgan fingerprint density at radius 3 is 1.55 bits per heavy atom. The number of carboxylic acid groups (broad SMARTS) is 1. The molecule has 0 atom stereocenters. The Morgan fingerprint density at radius 2 is 1.55 bits per heavy atom. The molecule has 0 radical (unpaired) electrons. The smallest absolute Gasteiger partial charge is 0.550 e. The van der Waals surface area contributed by atoms with Gasteiger partial charge < -0.3 is 15.2 Å². The molecule has 0 saturated carbocycles. The average Bonchev–Trinajstić information content (AvgIpc) is 1.66. The van der Waals surface area contributed by atoms with Crippen LogP contribution >= 0.6 is 12.4 Å². The molecule has 0 fully saturated rings. The number of aliphatic carboxylic acids is 1. The molecular weight excluding hydrogens is 193 g/mol. The van der Waals surface area contributed by atoms with Crippen LogP contribution in [-0.2, 0) is 4.79 Å². The van der Waals surface area contributed by atoms with Gasteiger partial charge in [-0.15, -0.1) is 12.4 Å². The first-order valence-electron chi connectivity index (χ1n) is 3.03. The zero-order valence-corrected chi connectivity index (χ0v) is 11.6. The number of carbonyl (C=O) groups is 1. The van der Waals surface area contributed by atoms with Gasteiger partial charge in [0.15, 0.2) is 0 Å². The van der Waals surface area contributed by atoms with E-state index < -0.39 is 5.97 Å². The van der Waals surface area contributed by atoms with Gasteiger partial charge in [0.1, 0.15) is 0 Å². The third kappa shape index (κ3) is 88.3. The zero-order valence-electron chi connectivity index (χ0n) is 7.64. The molecule has 0 aromatic heterocycles. The Labute approximate surface area is 117 Å². The minimum atomic E-state index is -1.08. The molecule has 5 heteroatoms. The van der Waals surface area contributed by atoms with E-state index >= 15 is 0 Å². The summed E-state index contributed by atoms with van der Waals surface area (Å²) in [5, 5.41) is 12.0. The minimum absolute atomic E-state index is 0. The molecule has 64 valence electrons. The summed E-state index contributed by atoms with van der Waals surface area (Å²) < 4.78 is 0. The van der Waals surface area contributed by atoms with Gasteiger partial charge in [-0.05, 0) is 20.0 Å². The van der Waals surface area contributed by atoms with Crippen molar-refractivity contribution in [2.75, 3.05) is 13.1 Å². The summed E-state index contributed by atoms with van der Waals surface area (Å²) in [5.74, 6) is -1.08. The van der Waals surface area contributed by atoms with E-state index in [1.165, 1.54) is 0 Å². The molecule has 0 rings (SSSR count). The van der Waals surface area contributed by atoms with Crippen LogP contribution in [0.25, 0.3) is 0 Å². The molecule has 0 aromatic rings. The van der Waals surface area contributed by atoms with Crippen molar-refractivity contribution in [1.82, 2.24) is 5.32 Å². The monoisotopic (exact) mass is 207 g/mol. The van der Waals surface area contributed by atoms with Crippen LogP contribution < -0.4 is 61.8 Å². The quantitative estimate of drug-likeness (QED) is 0.486. The van der Waals surface area contributed by atoms with Crippen molar-refractivity contribution in [2.24, 2.45) is 0 Å². The summed E-state index contributed by atoms with van der Waals surface area (Å²) >= 11 is 0. The normalized spacial score (nSPS) is 6.09. The Kier molecular flexibility index (Phi) is 46.7. The molecule has 11 heavy (non-hydrogen) atoms. The number of hydrogen-bond donors (Lipinski definition) is 1. The Hall–Kier alpha value is 1.36. The van der Waals surface area contributed by atoms with E-state index in [9.17, 15) is 0 Å².